The van der Waals surface area contributed by atoms with Crippen molar-refractivity contribution in [2.75, 3.05) is 11.5 Å². The van der Waals surface area contributed by atoms with Crippen LogP contribution >= 0.6 is 31.9 Å². The summed E-state index contributed by atoms with van der Waals surface area (Å²) < 4.78 is 7.15. The molecule has 0 unspecified atom stereocenters. The highest BCUT2D eigenvalue weighted by Gasteiger charge is 2.14. The Labute approximate surface area is 137 Å². The number of fused-ring (bicyclic) bond motifs is 1. The summed E-state index contributed by atoms with van der Waals surface area (Å²) in [6, 6.07) is 10.3. The first-order chi connectivity index (χ1) is 9.97. The van der Waals surface area contributed by atoms with Gasteiger partial charge in [-0.25, -0.2) is 0 Å². The maximum atomic E-state index is 12.4. The molecule has 3 aromatic rings. The molecule has 3 rings (SSSR count). The van der Waals surface area contributed by atoms with Crippen molar-refractivity contribution >= 4 is 54.2 Å². The highest BCUT2D eigenvalue weighted by molar-refractivity contribution is 9.11. The van der Waals surface area contributed by atoms with E-state index in [2.05, 4.69) is 31.9 Å². The van der Waals surface area contributed by atoms with Crippen molar-refractivity contribution in [3.05, 3.63) is 55.6 Å². The number of hydrogen-bond donors (Lipinski definition) is 2. The third-order valence-electron chi connectivity index (χ3n) is 3.14. The zero-order valence-corrected chi connectivity index (χ0v) is 13.9. The number of halogens is 2. The van der Waals surface area contributed by atoms with Crippen LogP contribution in [0, 0.1) is 0 Å². The van der Waals surface area contributed by atoms with Gasteiger partial charge in [0, 0.05) is 21.8 Å². The van der Waals surface area contributed by atoms with Crippen LogP contribution in [0.3, 0.4) is 0 Å². The average Bonchev–Trinajstić information content (AvgIpc) is 2.45. The maximum absolute atomic E-state index is 12.4. The number of rotatable bonds is 1. The maximum Gasteiger partial charge on any atom is 0.195 e. The molecule has 6 heteroatoms. The molecule has 4 N–H and O–H groups in total. The van der Waals surface area contributed by atoms with Gasteiger partial charge in [0.25, 0.3) is 0 Å². The van der Waals surface area contributed by atoms with Crippen LogP contribution in [0.15, 0.2) is 54.6 Å². The number of nitrogens with two attached hydrogens (primary N) is 2. The molecule has 106 valence electrons. The van der Waals surface area contributed by atoms with Crippen LogP contribution in [-0.4, -0.2) is 0 Å². The monoisotopic (exact) mass is 408 g/mol. The molecule has 0 saturated heterocycles. The Morgan fingerprint density at radius 2 is 1.62 bits per heavy atom. The van der Waals surface area contributed by atoms with Crippen molar-refractivity contribution in [1.29, 1.82) is 0 Å². The standard InChI is InChI=1S/C15H10Br2N2O2/c16-9-5-10(17)15-13(14(9)19)11(20)6-12(21-15)7-1-3-8(18)4-2-7/h1-6H,18-19H2. The van der Waals surface area contributed by atoms with E-state index < -0.39 is 0 Å². The van der Waals surface area contributed by atoms with Crippen LogP contribution in [0.5, 0.6) is 0 Å². The lowest BCUT2D eigenvalue weighted by molar-refractivity contribution is 0.617. The molecule has 0 fully saturated rings. The van der Waals surface area contributed by atoms with Crippen molar-refractivity contribution < 1.29 is 4.42 Å². The number of benzene rings is 2. The Hall–Kier alpha value is -1.79. The SMILES string of the molecule is Nc1ccc(-c2cc(=O)c3c(N)c(Br)cc(Br)c3o2)cc1. The molecule has 0 radical (unpaired) electrons. The van der Waals surface area contributed by atoms with Crippen LogP contribution in [0.4, 0.5) is 11.4 Å². The predicted molar refractivity (Wildman–Crippen MR) is 92.1 cm³/mol. The quantitative estimate of drug-likeness (QED) is 0.591. The second-order valence-electron chi connectivity index (χ2n) is 4.55. The van der Waals surface area contributed by atoms with Gasteiger partial charge in [0.05, 0.1) is 15.5 Å². The molecule has 0 aliphatic heterocycles. The van der Waals surface area contributed by atoms with E-state index in [1.54, 1.807) is 30.3 Å². The molecule has 2 aromatic carbocycles. The highest BCUT2D eigenvalue weighted by Crippen LogP contribution is 2.35. The summed E-state index contributed by atoms with van der Waals surface area (Å²) in [6.07, 6.45) is 0. The molecule has 1 heterocycles. The summed E-state index contributed by atoms with van der Waals surface area (Å²) in [6.45, 7) is 0. The first kappa shape index (κ1) is 14.2. The molecular weight excluding hydrogens is 400 g/mol. The number of nitrogen functional groups attached to an aromatic ring is 2. The molecule has 0 aliphatic rings. The molecule has 0 atom stereocenters. The minimum absolute atomic E-state index is 0.192. The van der Waals surface area contributed by atoms with Crippen molar-refractivity contribution in [3.63, 3.8) is 0 Å². The fourth-order valence-electron chi connectivity index (χ4n) is 2.08. The largest absolute Gasteiger partial charge is 0.455 e. The van der Waals surface area contributed by atoms with Gasteiger partial charge in [-0.3, -0.25) is 4.79 Å². The van der Waals surface area contributed by atoms with E-state index in [0.29, 0.717) is 37.0 Å². The predicted octanol–water partition coefficient (Wildman–Crippen LogP) is 4.15. The minimum Gasteiger partial charge on any atom is -0.455 e. The fraction of sp³-hybridized carbons (Fsp3) is 0. The first-order valence-electron chi connectivity index (χ1n) is 6.04. The van der Waals surface area contributed by atoms with Gasteiger partial charge in [0.15, 0.2) is 11.0 Å². The van der Waals surface area contributed by atoms with Crippen LogP contribution in [0.1, 0.15) is 0 Å². The molecule has 0 aliphatic carbocycles. The molecule has 21 heavy (non-hydrogen) atoms. The van der Waals surface area contributed by atoms with Gasteiger partial charge in [-0.15, -0.1) is 0 Å². The van der Waals surface area contributed by atoms with Crippen molar-refractivity contribution in [1.82, 2.24) is 0 Å². The van der Waals surface area contributed by atoms with E-state index in [1.807, 2.05) is 0 Å². The Balaban J connectivity index is 2.34. The van der Waals surface area contributed by atoms with Crippen molar-refractivity contribution in [2.24, 2.45) is 0 Å². The third-order valence-corrected chi connectivity index (χ3v) is 4.38. The normalized spacial score (nSPS) is 11.0. The van der Waals surface area contributed by atoms with Gasteiger partial charge in [0.1, 0.15) is 5.76 Å². The molecular formula is C15H10Br2N2O2. The lowest BCUT2D eigenvalue weighted by Crippen LogP contribution is -2.05. The van der Waals surface area contributed by atoms with Gasteiger partial charge < -0.3 is 15.9 Å². The Morgan fingerprint density at radius 1 is 0.952 bits per heavy atom. The minimum atomic E-state index is -0.192. The Bertz CT molecular complexity index is 902. The highest BCUT2D eigenvalue weighted by atomic mass is 79.9. The van der Waals surface area contributed by atoms with Crippen molar-refractivity contribution in [3.8, 4) is 11.3 Å². The lowest BCUT2D eigenvalue weighted by atomic mass is 10.1. The fourth-order valence-corrected chi connectivity index (χ4v) is 3.32. The second-order valence-corrected chi connectivity index (χ2v) is 6.26. The van der Waals surface area contributed by atoms with Gasteiger partial charge in [-0.2, -0.15) is 0 Å². The van der Waals surface area contributed by atoms with Gasteiger partial charge >= 0.3 is 0 Å². The van der Waals surface area contributed by atoms with Gasteiger partial charge in [0.2, 0.25) is 0 Å². The molecule has 0 spiro atoms. The van der Waals surface area contributed by atoms with Gasteiger partial charge in [-0.1, -0.05) is 0 Å². The Kier molecular flexibility index (Phi) is 3.51. The summed E-state index contributed by atoms with van der Waals surface area (Å²) >= 11 is 6.72. The number of anilines is 2. The van der Waals surface area contributed by atoms with E-state index in [9.17, 15) is 4.79 Å². The van der Waals surface area contributed by atoms with Crippen LogP contribution in [-0.2, 0) is 0 Å². The smallest absolute Gasteiger partial charge is 0.195 e. The number of hydrogen-bond acceptors (Lipinski definition) is 4. The van der Waals surface area contributed by atoms with Crippen LogP contribution < -0.4 is 16.9 Å². The summed E-state index contributed by atoms with van der Waals surface area (Å²) in [5.41, 5.74) is 13.6. The third kappa shape index (κ3) is 2.45. The Morgan fingerprint density at radius 3 is 2.29 bits per heavy atom. The zero-order chi connectivity index (χ0) is 15.1. The van der Waals surface area contributed by atoms with E-state index in [-0.39, 0.29) is 5.43 Å². The molecule has 0 amide bonds. The molecule has 0 saturated carbocycles. The van der Waals surface area contributed by atoms with E-state index in [0.717, 1.165) is 5.56 Å². The lowest BCUT2D eigenvalue weighted by Gasteiger charge is -2.08. The summed E-state index contributed by atoms with van der Waals surface area (Å²) in [4.78, 5) is 12.4. The molecule has 4 nitrogen and oxygen atoms in total. The average molecular weight is 410 g/mol. The zero-order valence-electron chi connectivity index (χ0n) is 10.7. The van der Waals surface area contributed by atoms with E-state index in [4.69, 9.17) is 15.9 Å². The summed E-state index contributed by atoms with van der Waals surface area (Å²) in [5, 5.41) is 0.357. The molecule has 0 bridgehead atoms. The van der Waals surface area contributed by atoms with E-state index >= 15 is 0 Å². The molecule has 1 aromatic heterocycles. The topological polar surface area (TPSA) is 82.2 Å². The van der Waals surface area contributed by atoms with E-state index in [1.165, 1.54) is 6.07 Å². The summed E-state index contributed by atoms with van der Waals surface area (Å²) in [5.74, 6) is 0.468. The van der Waals surface area contributed by atoms with Crippen molar-refractivity contribution in [2.45, 2.75) is 0 Å². The van der Waals surface area contributed by atoms with Crippen LogP contribution in [0.2, 0.25) is 0 Å². The van der Waals surface area contributed by atoms with Gasteiger partial charge in [-0.05, 0) is 62.2 Å². The first-order valence-corrected chi connectivity index (χ1v) is 7.63. The van der Waals surface area contributed by atoms with Crippen LogP contribution in [0.25, 0.3) is 22.3 Å². The summed E-state index contributed by atoms with van der Waals surface area (Å²) in [7, 11) is 0. The second kappa shape index (κ2) is 5.20.